The van der Waals surface area contributed by atoms with E-state index < -0.39 is 0 Å². The van der Waals surface area contributed by atoms with Gasteiger partial charge in [-0.05, 0) is 55.3 Å². The van der Waals surface area contributed by atoms with E-state index in [0.29, 0.717) is 12.0 Å². The van der Waals surface area contributed by atoms with Gasteiger partial charge in [0.1, 0.15) is 5.82 Å². The van der Waals surface area contributed by atoms with E-state index in [4.69, 9.17) is 0 Å². The van der Waals surface area contributed by atoms with Crippen LogP contribution in [0.2, 0.25) is 0 Å². The first-order valence-electron chi connectivity index (χ1n) is 5.87. The average Bonchev–Trinajstić information content (AvgIpc) is 2.85. The molecule has 1 heterocycles. The third-order valence-electron chi connectivity index (χ3n) is 3.84. The number of hydrogen-bond acceptors (Lipinski definition) is 1. The first kappa shape index (κ1) is 9.34. The summed E-state index contributed by atoms with van der Waals surface area (Å²) < 4.78 is 13.5. The highest BCUT2D eigenvalue weighted by molar-refractivity contribution is 5.37. The highest BCUT2D eigenvalue weighted by Gasteiger charge is 2.32. The molecule has 80 valence electrons. The van der Waals surface area contributed by atoms with Crippen molar-refractivity contribution in [2.24, 2.45) is 0 Å². The lowest BCUT2D eigenvalue weighted by molar-refractivity contribution is 0.486. The molecule has 2 aliphatic rings. The molecule has 0 amide bonds. The van der Waals surface area contributed by atoms with Crippen LogP contribution in [0, 0.1) is 5.82 Å². The lowest BCUT2D eigenvalue weighted by atomic mass is 9.92. The average molecular weight is 205 g/mol. The van der Waals surface area contributed by atoms with Crippen LogP contribution in [0.5, 0.6) is 0 Å². The summed E-state index contributed by atoms with van der Waals surface area (Å²) in [6.45, 7) is 1.13. The van der Waals surface area contributed by atoms with E-state index in [1.54, 1.807) is 6.07 Å². The van der Waals surface area contributed by atoms with E-state index in [9.17, 15) is 4.39 Å². The Bertz CT molecular complexity index is 369. The topological polar surface area (TPSA) is 12.0 Å². The minimum atomic E-state index is -0.00648. The molecule has 15 heavy (non-hydrogen) atoms. The molecule has 0 spiro atoms. The van der Waals surface area contributed by atoms with Crippen LogP contribution in [0.15, 0.2) is 18.2 Å². The first-order chi connectivity index (χ1) is 7.36. The lowest BCUT2D eigenvalue weighted by Gasteiger charge is -2.19. The molecule has 1 aliphatic carbocycles. The van der Waals surface area contributed by atoms with Crippen molar-refractivity contribution in [3.63, 3.8) is 0 Å². The fourth-order valence-electron chi connectivity index (χ4n) is 3.11. The van der Waals surface area contributed by atoms with Gasteiger partial charge in [0.2, 0.25) is 0 Å². The van der Waals surface area contributed by atoms with Crippen molar-refractivity contribution in [2.45, 2.75) is 37.6 Å². The molecule has 0 saturated carbocycles. The second-order valence-corrected chi connectivity index (χ2v) is 4.66. The van der Waals surface area contributed by atoms with Crippen LogP contribution in [-0.4, -0.2) is 12.6 Å². The van der Waals surface area contributed by atoms with Crippen LogP contribution in [0.3, 0.4) is 0 Å². The van der Waals surface area contributed by atoms with E-state index in [2.05, 4.69) is 11.4 Å². The third kappa shape index (κ3) is 1.48. The molecule has 2 heteroatoms. The van der Waals surface area contributed by atoms with Crippen molar-refractivity contribution in [3.05, 3.63) is 35.1 Å². The van der Waals surface area contributed by atoms with Gasteiger partial charge in [0.05, 0.1) is 0 Å². The van der Waals surface area contributed by atoms with E-state index in [1.165, 1.54) is 18.4 Å². The van der Waals surface area contributed by atoms with Crippen molar-refractivity contribution >= 4 is 0 Å². The second-order valence-electron chi connectivity index (χ2n) is 4.66. The maximum absolute atomic E-state index is 13.5. The van der Waals surface area contributed by atoms with Crippen LogP contribution in [0.1, 0.15) is 36.3 Å². The Hall–Kier alpha value is -0.890. The molecular weight excluding hydrogens is 189 g/mol. The minimum Gasteiger partial charge on any atom is -0.313 e. The SMILES string of the molecule is Fc1cccc2c1CC[C@@H]2[C@@H]1CCCN1. The predicted octanol–water partition coefficient (Wildman–Crippen LogP) is 2.61. The Labute approximate surface area is 89.7 Å². The van der Waals surface area contributed by atoms with E-state index >= 15 is 0 Å². The minimum absolute atomic E-state index is 0.00648. The molecule has 1 aromatic rings. The maximum atomic E-state index is 13.5. The van der Waals surface area contributed by atoms with Crippen LogP contribution in [-0.2, 0) is 6.42 Å². The lowest BCUT2D eigenvalue weighted by Crippen LogP contribution is -2.27. The maximum Gasteiger partial charge on any atom is 0.126 e. The first-order valence-corrected chi connectivity index (χ1v) is 5.87. The number of halogens is 1. The fraction of sp³-hybridized carbons (Fsp3) is 0.538. The summed E-state index contributed by atoms with van der Waals surface area (Å²) in [6.07, 6.45) is 4.56. The van der Waals surface area contributed by atoms with Crippen molar-refractivity contribution in [2.75, 3.05) is 6.54 Å². The smallest absolute Gasteiger partial charge is 0.126 e. The van der Waals surface area contributed by atoms with E-state index in [1.807, 2.05) is 6.07 Å². The fourth-order valence-corrected chi connectivity index (χ4v) is 3.11. The third-order valence-corrected chi connectivity index (χ3v) is 3.84. The highest BCUT2D eigenvalue weighted by atomic mass is 19.1. The van der Waals surface area contributed by atoms with Crippen LogP contribution < -0.4 is 5.32 Å². The normalized spacial score (nSPS) is 29.4. The van der Waals surface area contributed by atoms with Crippen molar-refractivity contribution in [3.8, 4) is 0 Å². The summed E-state index contributed by atoms with van der Waals surface area (Å²) in [5, 5.41) is 3.54. The van der Waals surface area contributed by atoms with E-state index in [0.717, 1.165) is 24.9 Å². The zero-order chi connectivity index (χ0) is 10.3. The molecule has 0 aromatic heterocycles. The number of hydrogen-bond donors (Lipinski definition) is 1. The van der Waals surface area contributed by atoms with Gasteiger partial charge in [-0.1, -0.05) is 12.1 Å². The molecule has 1 N–H and O–H groups in total. The number of nitrogens with one attached hydrogen (secondary N) is 1. The Morgan fingerprint density at radius 1 is 1.27 bits per heavy atom. The summed E-state index contributed by atoms with van der Waals surface area (Å²) in [4.78, 5) is 0. The van der Waals surface area contributed by atoms with Crippen molar-refractivity contribution in [1.82, 2.24) is 5.32 Å². The standard InChI is InChI=1S/C13H16FN/c14-12-4-1-3-9-10(12)6-7-11(9)13-5-2-8-15-13/h1,3-4,11,13,15H,2,5-8H2/t11-,13-/m0/s1. The monoisotopic (exact) mass is 205 g/mol. The number of fused-ring (bicyclic) bond motifs is 1. The molecule has 1 saturated heterocycles. The Balaban J connectivity index is 1.94. The predicted molar refractivity (Wildman–Crippen MR) is 58.5 cm³/mol. The Morgan fingerprint density at radius 3 is 3.00 bits per heavy atom. The molecule has 1 fully saturated rings. The van der Waals surface area contributed by atoms with Gasteiger partial charge in [-0.2, -0.15) is 0 Å². The highest BCUT2D eigenvalue weighted by Crippen LogP contribution is 2.38. The summed E-state index contributed by atoms with van der Waals surface area (Å²) in [6, 6.07) is 6.13. The van der Waals surface area contributed by atoms with E-state index in [-0.39, 0.29) is 5.82 Å². The van der Waals surface area contributed by atoms with Crippen LogP contribution in [0.4, 0.5) is 4.39 Å². The number of rotatable bonds is 1. The van der Waals surface area contributed by atoms with Crippen molar-refractivity contribution in [1.29, 1.82) is 0 Å². The van der Waals surface area contributed by atoms with Gasteiger partial charge >= 0.3 is 0 Å². The van der Waals surface area contributed by atoms with Gasteiger partial charge in [0.25, 0.3) is 0 Å². The summed E-state index contributed by atoms with van der Waals surface area (Å²) >= 11 is 0. The van der Waals surface area contributed by atoms with Gasteiger partial charge in [0, 0.05) is 6.04 Å². The van der Waals surface area contributed by atoms with Gasteiger partial charge in [-0.3, -0.25) is 0 Å². The van der Waals surface area contributed by atoms with Gasteiger partial charge < -0.3 is 5.32 Å². The zero-order valence-electron chi connectivity index (χ0n) is 8.80. The summed E-state index contributed by atoms with van der Waals surface area (Å²) in [5.41, 5.74) is 2.23. The van der Waals surface area contributed by atoms with Crippen LogP contribution in [0.25, 0.3) is 0 Å². The molecule has 0 bridgehead atoms. The molecule has 2 atom stereocenters. The molecule has 1 aromatic carbocycles. The second kappa shape index (κ2) is 3.60. The Morgan fingerprint density at radius 2 is 2.20 bits per heavy atom. The van der Waals surface area contributed by atoms with Crippen molar-refractivity contribution < 1.29 is 4.39 Å². The van der Waals surface area contributed by atoms with Gasteiger partial charge in [0.15, 0.2) is 0 Å². The Kier molecular flexibility index (Phi) is 2.24. The van der Waals surface area contributed by atoms with Gasteiger partial charge in [-0.25, -0.2) is 4.39 Å². The summed E-state index contributed by atoms with van der Waals surface area (Å²) in [5.74, 6) is 0.547. The molecule has 3 rings (SSSR count). The largest absolute Gasteiger partial charge is 0.313 e. The molecule has 0 unspecified atom stereocenters. The molecule has 1 nitrogen and oxygen atoms in total. The summed E-state index contributed by atoms with van der Waals surface area (Å²) in [7, 11) is 0. The van der Waals surface area contributed by atoms with Gasteiger partial charge in [-0.15, -0.1) is 0 Å². The zero-order valence-corrected chi connectivity index (χ0v) is 8.80. The quantitative estimate of drug-likeness (QED) is 0.743. The number of benzene rings is 1. The van der Waals surface area contributed by atoms with Crippen LogP contribution >= 0.6 is 0 Å². The molecule has 1 aliphatic heterocycles. The molecule has 0 radical (unpaired) electrons. The molecular formula is C13H16FN.